The van der Waals surface area contributed by atoms with E-state index in [1.54, 1.807) is 6.08 Å². The first kappa shape index (κ1) is 29.5. The maximum atomic E-state index is 12.6. The number of carbonyl (C=O) groups is 2. The summed E-state index contributed by atoms with van der Waals surface area (Å²) < 4.78 is 32.8. The van der Waals surface area contributed by atoms with Crippen molar-refractivity contribution in [1.82, 2.24) is 9.21 Å². The molecule has 11 heteroatoms. The Morgan fingerprint density at radius 3 is 2.26 bits per heavy atom. The number of aliphatic hydroxyl groups is 1. The second-order valence-electron chi connectivity index (χ2n) is 9.14. The highest BCUT2D eigenvalue weighted by Crippen LogP contribution is 2.32. The lowest BCUT2D eigenvalue weighted by molar-refractivity contribution is -0.159. The van der Waals surface area contributed by atoms with Crippen LogP contribution in [0.3, 0.4) is 0 Å². The number of rotatable bonds is 8. The van der Waals surface area contributed by atoms with Gasteiger partial charge in [0.1, 0.15) is 0 Å². The molecule has 0 radical (unpaired) electrons. The Labute approximate surface area is 222 Å². The Kier molecular flexibility index (Phi) is 11.0. The van der Waals surface area contributed by atoms with Gasteiger partial charge in [-0.05, 0) is 42.0 Å². The molecule has 0 spiro atoms. The molecule has 1 heterocycles. The van der Waals surface area contributed by atoms with Crippen LogP contribution < -0.4 is 0 Å². The second kappa shape index (κ2) is 14.2. The van der Waals surface area contributed by atoms with Crippen molar-refractivity contribution in [3.63, 3.8) is 0 Å². The van der Waals surface area contributed by atoms with Crippen LogP contribution in [0.25, 0.3) is 6.08 Å². The summed E-state index contributed by atoms with van der Waals surface area (Å²) in [7, 11) is -3.45. The number of β-amino-alcohol motifs (C(OH)–C–C–N with tert-alkyl or cyclic N) is 1. The maximum Gasteiger partial charge on any atom is 0.414 e. The number of nitrogens with zero attached hydrogens (tertiary/aromatic N) is 2. The highest BCUT2D eigenvalue weighted by atomic mass is 32.2. The summed E-state index contributed by atoms with van der Waals surface area (Å²) in [5.41, 5.74) is 3.45. The molecule has 0 saturated carbocycles. The molecule has 2 aliphatic rings. The van der Waals surface area contributed by atoms with E-state index in [1.807, 2.05) is 36.4 Å². The van der Waals surface area contributed by atoms with Crippen molar-refractivity contribution in [2.45, 2.75) is 31.5 Å². The van der Waals surface area contributed by atoms with Crippen LogP contribution in [0.2, 0.25) is 0 Å². The Morgan fingerprint density at radius 2 is 1.61 bits per heavy atom. The SMILES string of the molecule is O=C(O)C(=O)O.O=S(=O)(/C=C/c1ccccc1)N1CCN(CC(O)COC2CCCc3ccccc32)CC1. The van der Waals surface area contributed by atoms with Gasteiger partial charge in [-0.3, -0.25) is 4.90 Å². The van der Waals surface area contributed by atoms with E-state index in [1.165, 1.54) is 20.8 Å². The topological polar surface area (TPSA) is 145 Å². The van der Waals surface area contributed by atoms with Gasteiger partial charge in [0.2, 0.25) is 10.0 Å². The van der Waals surface area contributed by atoms with Crippen molar-refractivity contribution < 1.29 is 38.1 Å². The zero-order valence-corrected chi connectivity index (χ0v) is 21.9. The molecular weight excluding hydrogens is 512 g/mol. The third-order valence-corrected chi connectivity index (χ3v) is 7.94. The maximum absolute atomic E-state index is 12.6. The first-order valence-electron chi connectivity index (χ1n) is 12.4. The summed E-state index contributed by atoms with van der Waals surface area (Å²) >= 11 is 0. The summed E-state index contributed by atoms with van der Waals surface area (Å²) in [6.45, 7) is 2.82. The fraction of sp³-hybridized carbons (Fsp3) is 0.407. The minimum Gasteiger partial charge on any atom is -0.473 e. The summed E-state index contributed by atoms with van der Waals surface area (Å²) in [4.78, 5) is 20.3. The van der Waals surface area contributed by atoms with Crippen molar-refractivity contribution in [3.8, 4) is 0 Å². The largest absolute Gasteiger partial charge is 0.473 e. The van der Waals surface area contributed by atoms with Crippen LogP contribution in [-0.4, -0.2) is 90.3 Å². The number of aliphatic hydroxyl groups excluding tert-OH is 1. The number of benzene rings is 2. The molecule has 10 nitrogen and oxygen atoms in total. The number of aliphatic carboxylic acids is 2. The molecule has 1 fully saturated rings. The van der Waals surface area contributed by atoms with Crippen LogP contribution in [0.15, 0.2) is 60.0 Å². The molecule has 38 heavy (non-hydrogen) atoms. The fourth-order valence-electron chi connectivity index (χ4n) is 4.44. The Morgan fingerprint density at radius 1 is 0.974 bits per heavy atom. The molecule has 1 aliphatic carbocycles. The molecule has 3 N–H and O–H groups in total. The third-order valence-electron chi connectivity index (χ3n) is 6.38. The number of fused-ring (bicyclic) bond motifs is 1. The lowest BCUT2D eigenvalue weighted by Gasteiger charge is -2.34. The van der Waals surface area contributed by atoms with Gasteiger partial charge in [-0.2, -0.15) is 4.31 Å². The average molecular weight is 547 g/mol. The molecule has 0 amide bonds. The van der Waals surface area contributed by atoms with E-state index in [0.29, 0.717) is 32.7 Å². The number of hydrogen-bond donors (Lipinski definition) is 3. The number of sulfonamides is 1. The van der Waals surface area contributed by atoms with Crippen LogP contribution in [-0.2, 0) is 30.8 Å². The van der Waals surface area contributed by atoms with E-state index < -0.39 is 28.1 Å². The van der Waals surface area contributed by atoms with Crippen LogP contribution >= 0.6 is 0 Å². The van der Waals surface area contributed by atoms with Gasteiger partial charge < -0.3 is 20.1 Å². The Bertz CT molecular complexity index is 1180. The number of aryl methyl sites for hydroxylation is 1. The van der Waals surface area contributed by atoms with Gasteiger partial charge in [0, 0.05) is 38.1 Å². The average Bonchev–Trinajstić information content (AvgIpc) is 2.92. The van der Waals surface area contributed by atoms with Gasteiger partial charge in [-0.1, -0.05) is 54.6 Å². The molecule has 0 aromatic heterocycles. The van der Waals surface area contributed by atoms with Crippen LogP contribution in [0.1, 0.15) is 35.6 Å². The van der Waals surface area contributed by atoms with Crippen LogP contribution in [0, 0.1) is 0 Å². The smallest absolute Gasteiger partial charge is 0.414 e. The van der Waals surface area contributed by atoms with E-state index in [-0.39, 0.29) is 12.7 Å². The molecule has 2 aromatic carbocycles. The zero-order valence-electron chi connectivity index (χ0n) is 21.1. The summed E-state index contributed by atoms with van der Waals surface area (Å²) in [6.07, 6.45) is 4.26. The number of hydrogen-bond acceptors (Lipinski definition) is 7. The van der Waals surface area contributed by atoms with Crippen LogP contribution in [0.5, 0.6) is 0 Å². The highest BCUT2D eigenvalue weighted by molar-refractivity contribution is 7.92. The fourth-order valence-corrected chi connectivity index (χ4v) is 5.62. The third kappa shape index (κ3) is 9.03. The highest BCUT2D eigenvalue weighted by Gasteiger charge is 2.27. The first-order chi connectivity index (χ1) is 18.2. The number of carboxylic acids is 2. The van der Waals surface area contributed by atoms with Gasteiger partial charge in [-0.15, -0.1) is 0 Å². The van der Waals surface area contributed by atoms with Crippen molar-refractivity contribution in [3.05, 3.63) is 76.7 Å². The lowest BCUT2D eigenvalue weighted by Crippen LogP contribution is -2.50. The minimum atomic E-state index is -3.45. The van der Waals surface area contributed by atoms with Crippen LogP contribution in [0.4, 0.5) is 0 Å². The van der Waals surface area contributed by atoms with E-state index in [0.717, 1.165) is 24.8 Å². The molecular formula is C27H34N2O8S. The molecule has 2 aromatic rings. The van der Waals surface area contributed by atoms with E-state index in [4.69, 9.17) is 24.5 Å². The summed E-state index contributed by atoms with van der Waals surface area (Å²) in [5.74, 6) is -3.65. The predicted octanol–water partition coefficient (Wildman–Crippen LogP) is 2.22. The van der Waals surface area contributed by atoms with Gasteiger partial charge >= 0.3 is 11.9 Å². The molecule has 2 unspecified atom stereocenters. The molecule has 1 aliphatic heterocycles. The molecule has 2 atom stereocenters. The van der Waals surface area contributed by atoms with Crippen molar-refractivity contribution in [1.29, 1.82) is 0 Å². The van der Waals surface area contributed by atoms with Crippen molar-refractivity contribution >= 4 is 28.0 Å². The molecule has 0 bridgehead atoms. The molecule has 1 saturated heterocycles. The standard InChI is InChI=1S/C25H32N2O4S.C2H2O4/c28-23(20-31-25-12-6-10-22-9-4-5-11-24(22)25)19-26-14-16-27(17-15-26)32(29,30)18-13-21-7-2-1-3-8-21;3-1(4)2(5)6/h1-5,7-9,11,13,18,23,25,28H,6,10,12,14-17,19-20H2;(H,3,4)(H,5,6)/b18-13+;. The second-order valence-corrected chi connectivity index (χ2v) is 11.0. The lowest BCUT2D eigenvalue weighted by atomic mass is 9.89. The number of piperazine rings is 1. The molecule has 4 rings (SSSR count). The monoisotopic (exact) mass is 546 g/mol. The number of carboxylic acid groups (broad SMARTS) is 2. The normalized spacial score (nSPS) is 19.2. The van der Waals surface area contributed by atoms with Gasteiger partial charge in [0.25, 0.3) is 0 Å². The van der Waals surface area contributed by atoms with E-state index in [2.05, 4.69) is 23.1 Å². The van der Waals surface area contributed by atoms with E-state index >= 15 is 0 Å². The first-order valence-corrected chi connectivity index (χ1v) is 14.0. The number of ether oxygens (including phenoxy) is 1. The van der Waals surface area contributed by atoms with Crippen molar-refractivity contribution in [2.24, 2.45) is 0 Å². The quantitative estimate of drug-likeness (QED) is 0.424. The van der Waals surface area contributed by atoms with Crippen molar-refractivity contribution in [2.75, 3.05) is 39.3 Å². The van der Waals surface area contributed by atoms with Gasteiger partial charge in [-0.25, -0.2) is 18.0 Å². The predicted molar refractivity (Wildman–Crippen MR) is 142 cm³/mol. The Balaban J connectivity index is 0.000000599. The minimum absolute atomic E-state index is 0.0491. The van der Waals surface area contributed by atoms with Gasteiger partial charge in [0.05, 0.1) is 18.8 Å². The summed E-state index contributed by atoms with van der Waals surface area (Å²) in [5, 5.41) is 26.6. The Hall–Kier alpha value is -3.09. The summed E-state index contributed by atoms with van der Waals surface area (Å²) in [6, 6.07) is 17.8. The van der Waals surface area contributed by atoms with Gasteiger partial charge in [0.15, 0.2) is 0 Å². The molecule has 206 valence electrons. The van der Waals surface area contributed by atoms with E-state index in [9.17, 15) is 13.5 Å². The zero-order chi connectivity index (χ0) is 27.5.